The van der Waals surface area contributed by atoms with Crippen LogP contribution in [0.1, 0.15) is 0 Å². The highest BCUT2D eigenvalue weighted by Gasteiger charge is 2.27. The predicted octanol–water partition coefficient (Wildman–Crippen LogP) is 3.27. The zero-order valence-corrected chi connectivity index (χ0v) is 13.4. The summed E-state index contributed by atoms with van der Waals surface area (Å²) in [6, 6.07) is 11.8. The predicted molar refractivity (Wildman–Crippen MR) is 85.1 cm³/mol. The summed E-state index contributed by atoms with van der Waals surface area (Å²) in [5.41, 5.74) is 0.246. The Morgan fingerprint density at radius 1 is 1.05 bits per heavy atom. The van der Waals surface area contributed by atoms with Gasteiger partial charge in [-0.05, 0) is 30.3 Å². The Balaban J connectivity index is 2.54. The molecule has 0 amide bonds. The molecule has 8 heteroatoms. The number of benzene rings is 2. The lowest BCUT2D eigenvalue weighted by Crippen LogP contribution is -2.35. The summed E-state index contributed by atoms with van der Waals surface area (Å²) in [5.74, 6) is -1.27. The Morgan fingerprint density at radius 3 is 2.23 bits per heavy atom. The van der Waals surface area contributed by atoms with Gasteiger partial charge in [-0.25, -0.2) is 8.42 Å². The summed E-state index contributed by atoms with van der Waals surface area (Å²) in [7, 11) is -4.08. The first-order chi connectivity index (χ1) is 10.3. The SMILES string of the molecule is O=C(O)CN(c1ccccc1)S(=O)(=O)c1ccc(Cl)c(Cl)c1. The van der Waals surface area contributed by atoms with E-state index >= 15 is 0 Å². The Labute approximate surface area is 137 Å². The quantitative estimate of drug-likeness (QED) is 0.888. The van der Waals surface area contributed by atoms with E-state index in [1.165, 1.54) is 30.3 Å². The van der Waals surface area contributed by atoms with E-state index in [9.17, 15) is 13.2 Å². The Morgan fingerprint density at radius 2 is 1.68 bits per heavy atom. The van der Waals surface area contributed by atoms with Gasteiger partial charge in [-0.1, -0.05) is 41.4 Å². The molecule has 0 radical (unpaired) electrons. The second-order valence-electron chi connectivity index (χ2n) is 4.32. The molecule has 0 aliphatic carbocycles. The molecule has 0 heterocycles. The molecule has 0 saturated carbocycles. The number of carboxylic acid groups (broad SMARTS) is 1. The first-order valence-electron chi connectivity index (χ1n) is 6.07. The fourth-order valence-corrected chi connectivity index (χ4v) is 3.60. The smallest absolute Gasteiger partial charge is 0.324 e. The van der Waals surface area contributed by atoms with Gasteiger partial charge in [-0.3, -0.25) is 9.10 Å². The lowest BCUT2D eigenvalue weighted by atomic mass is 10.3. The largest absolute Gasteiger partial charge is 0.480 e. The number of sulfonamides is 1. The lowest BCUT2D eigenvalue weighted by molar-refractivity contribution is -0.135. The third-order valence-electron chi connectivity index (χ3n) is 2.80. The number of hydrogen-bond donors (Lipinski definition) is 1. The van der Waals surface area contributed by atoms with Crippen molar-refractivity contribution in [3.63, 3.8) is 0 Å². The summed E-state index contributed by atoms with van der Waals surface area (Å²) in [6.07, 6.45) is 0. The van der Waals surface area contributed by atoms with Crippen LogP contribution in [0.2, 0.25) is 10.0 Å². The molecular formula is C14H11Cl2NO4S. The van der Waals surface area contributed by atoms with Crippen LogP contribution in [-0.2, 0) is 14.8 Å². The first-order valence-corrected chi connectivity index (χ1v) is 8.26. The van der Waals surface area contributed by atoms with Crippen LogP contribution in [0.4, 0.5) is 5.69 Å². The minimum atomic E-state index is -4.08. The molecule has 0 spiro atoms. The van der Waals surface area contributed by atoms with Crippen molar-refractivity contribution >= 4 is 44.9 Å². The highest BCUT2D eigenvalue weighted by Crippen LogP contribution is 2.28. The molecule has 0 bridgehead atoms. The molecule has 0 aliphatic rings. The number of carboxylic acids is 1. The van der Waals surface area contributed by atoms with Gasteiger partial charge < -0.3 is 5.11 Å². The van der Waals surface area contributed by atoms with Gasteiger partial charge in [0.05, 0.1) is 20.6 Å². The van der Waals surface area contributed by atoms with Crippen molar-refractivity contribution in [2.45, 2.75) is 4.90 Å². The van der Waals surface area contributed by atoms with E-state index in [-0.39, 0.29) is 20.6 Å². The number of para-hydroxylation sites is 1. The maximum atomic E-state index is 12.7. The van der Waals surface area contributed by atoms with Gasteiger partial charge in [0.25, 0.3) is 10.0 Å². The molecule has 116 valence electrons. The topological polar surface area (TPSA) is 74.7 Å². The van der Waals surface area contributed by atoms with Crippen LogP contribution < -0.4 is 4.31 Å². The Bertz CT molecular complexity index is 794. The van der Waals surface area contributed by atoms with E-state index in [4.69, 9.17) is 28.3 Å². The number of halogens is 2. The van der Waals surface area contributed by atoms with Crippen LogP contribution in [0.25, 0.3) is 0 Å². The molecular weight excluding hydrogens is 349 g/mol. The molecule has 2 aromatic carbocycles. The van der Waals surface area contributed by atoms with Crippen molar-refractivity contribution in [2.75, 3.05) is 10.8 Å². The number of nitrogens with zero attached hydrogens (tertiary/aromatic N) is 1. The number of anilines is 1. The summed E-state index contributed by atoms with van der Waals surface area (Å²) in [4.78, 5) is 10.9. The third-order valence-corrected chi connectivity index (χ3v) is 5.31. The Hall–Kier alpha value is -1.76. The minimum Gasteiger partial charge on any atom is -0.480 e. The van der Waals surface area contributed by atoms with Crippen molar-refractivity contribution in [1.29, 1.82) is 0 Å². The van der Waals surface area contributed by atoms with Gasteiger partial charge in [0, 0.05) is 0 Å². The van der Waals surface area contributed by atoms with Crippen molar-refractivity contribution in [3.8, 4) is 0 Å². The highest BCUT2D eigenvalue weighted by atomic mass is 35.5. The average molecular weight is 360 g/mol. The van der Waals surface area contributed by atoms with Crippen molar-refractivity contribution in [2.24, 2.45) is 0 Å². The summed E-state index contributed by atoms with van der Waals surface area (Å²) < 4.78 is 26.2. The molecule has 1 N–H and O–H groups in total. The van der Waals surface area contributed by atoms with E-state index in [0.29, 0.717) is 0 Å². The molecule has 0 aliphatic heterocycles. The van der Waals surface area contributed by atoms with Gasteiger partial charge in [-0.15, -0.1) is 0 Å². The molecule has 0 fully saturated rings. The molecule has 2 rings (SSSR count). The Kier molecular flexibility index (Phi) is 4.95. The lowest BCUT2D eigenvalue weighted by Gasteiger charge is -2.22. The van der Waals surface area contributed by atoms with Crippen LogP contribution in [-0.4, -0.2) is 26.0 Å². The van der Waals surface area contributed by atoms with E-state index in [1.807, 2.05) is 0 Å². The first kappa shape index (κ1) is 16.6. The molecule has 22 heavy (non-hydrogen) atoms. The number of aliphatic carboxylic acids is 1. The number of hydrogen-bond acceptors (Lipinski definition) is 3. The molecule has 0 unspecified atom stereocenters. The van der Waals surface area contributed by atoms with E-state index in [1.54, 1.807) is 18.2 Å². The molecule has 0 saturated heterocycles. The van der Waals surface area contributed by atoms with Crippen LogP contribution >= 0.6 is 23.2 Å². The fourth-order valence-electron chi connectivity index (χ4n) is 1.80. The maximum absolute atomic E-state index is 12.7. The molecule has 0 atom stereocenters. The van der Waals surface area contributed by atoms with Gasteiger partial charge in [0.1, 0.15) is 6.54 Å². The van der Waals surface area contributed by atoms with Crippen LogP contribution in [0.5, 0.6) is 0 Å². The normalized spacial score (nSPS) is 11.2. The van der Waals surface area contributed by atoms with Crippen molar-refractivity contribution in [3.05, 3.63) is 58.6 Å². The summed E-state index contributed by atoms with van der Waals surface area (Å²) in [6.45, 7) is -0.702. The number of rotatable bonds is 5. The van der Waals surface area contributed by atoms with Gasteiger partial charge >= 0.3 is 5.97 Å². The summed E-state index contributed by atoms with van der Waals surface area (Å²) in [5, 5.41) is 9.29. The molecule has 5 nitrogen and oxygen atoms in total. The maximum Gasteiger partial charge on any atom is 0.324 e. The summed E-state index contributed by atoms with van der Waals surface area (Å²) >= 11 is 11.6. The zero-order chi connectivity index (χ0) is 16.3. The van der Waals surface area contributed by atoms with E-state index < -0.39 is 22.5 Å². The van der Waals surface area contributed by atoms with Gasteiger partial charge in [-0.2, -0.15) is 0 Å². The molecule has 2 aromatic rings. The van der Waals surface area contributed by atoms with E-state index in [0.717, 1.165) is 4.31 Å². The zero-order valence-electron chi connectivity index (χ0n) is 11.1. The second-order valence-corrected chi connectivity index (χ2v) is 6.99. The van der Waals surface area contributed by atoms with Crippen molar-refractivity contribution < 1.29 is 18.3 Å². The number of carbonyl (C=O) groups is 1. The minimum absolute atomic E-state index is 0.0751. The highest BCUT2D eigenvalue weighted by molar-refractivity contribution is 7.92. The van der Waals surface area contributed by atoms with Gasteiger partial charge in [0.15, 0.2) is 0 Å². The second kappa shape index (κ2) is 6.56. The van der Waals surface area contributed by atoms with Gasteiger partial charge in [0.2, 0.25) is 0 Å². The van der Waals surface area contributed by atoms with Crippen LogP contribution in [0.3, 0.4) is 0 Å². The van der Waals surface area contributed by atoms with Crippen LogP contribution in [0.15, 0.2) is 53.4 Å². The standard InChI is InChI=1S/C14H11Cl2NO4S/c15-12-7-6-11(8-13(12)16)22(20,21)17(9-14(18)19)10-4-2-1-3-5-10/h1-8H,9H2,(H,18,19). The van der Waals surface area contributed by atoms with Crippen LogP contribution in [0, 0.1) is 0 Å². The molecule has 0 aromatic heterocycles. The van der Waals surface area contributed by atoms with Crippen molar-refractivity contribution in [1.82, 2.24) is 0 Å². The fraction of sp³-hybridized carbons (Fsp3) is 0.0714. The monoisotopic (exact) mass is 359 g/mol. The average Bonchev–Trinajstić information content (AvgIpc) is 2.48. The third kappa shape index (κ3) is 3.52. The van der Waals surface area contributed by atoms with E-state index in [2.05, 4.69) is 0 Å².